The minimum Gasteiger partial charge on any atom is -0.488 e. The summed E-state index contributed by atoms with van der Waals surface area (Å²) in [6.45, 7) is 0.575. The van der Waals surface area contributed by atoms with E-state index in [2.05, 4.69) is 40.6 Å². The first-order valence-corrected chi connectivity index (χ1v) is 11.8. The number of hydrogen-bond donors (Lipinski definition) is 4. The number of fused-ring (bicyclic) bond motifs is 1. The fourth-order valence-electron chi connectivity index (χ4n) is 4.09. The summed E-state index contributed by atoms with van der Waals surface area (Å²) in [5.41, 5.74) is 11.4. The molecule has 4 N–H and O–H groups in total. The maximum absolute atomic E-state index is 12.3. The average Bonchev–Trinajstić information content (AvgIpc) is 3.68. The van der Waals surface area contributed by atoms with Crippen molar-refractivity contribution in [2.75, 3.05) is 12.4 Å². The Morgan fingerprint density at radius 1 is 1.37 bits per heavy atom. The number of furan rings is 1. The van der Waals surface area contributed by atoms with Crippen molar-refractivity contribution in [3.8, 4) is 5.75 Å². The van der Waals surface area contributed by atoms with Crippen LogP contribution < -0.4 is 15.4 Å². The van der Waals surface area contributed by atoms with Crippen molar-refractivity contribution >= 4 is 34.5 Å². The fraction of sp³-hybridized carbons (Fsp3) is 0.304. The zero-order valence-electron chi connectivity index (χ0n) is 19.9. The number of aromatic nitrogens is 4. The van der Waals surface area contributed by atoms with Crippen LogP contribution in [-0.2, 0) is 22.7 Å². The van der Waals surface area contributed by atoms with Gasteiger partial charge in [-0.25, -0.2) is 15.0 Å². The number of benzene rings is 1. The van der Waals surface area contributed by atoms with Gasteiger partial charge in [-0.1, -0.05) is 16.7 Å². The number of H-pyrrole nitrogens is 1. The van der Waals surface area contributed by atoms with Gasteiger partial charge in [0, 0.05) is 34.7 Å². The van der Waals surface area contributed by atoms with Gasteiger partial charge < -0.3 is 34.6 Å². The Bertz CT molecular complexity index is 1490. The van der Waals surface area contributed by atoms with Crippen LogP contribution in [0.25, 0.3) is 21.6 Å². The molecule has 15 heteroatoms. The van der Waals surface area contributed by atoms with Crippen LogP contribution in [0.1, 0.15) is 23.1 Å². The van der Waals surface area contributed by atoms with E-state index in [0.29, 0.717) is 34.4 Å². The number of hydrogen-bond acceptors (Lipinski definition) is 10. The number of aliphatic hydroxyl groups excluding tert-OH is 1. The van der Waals surface area contributed by atoms with Crippen LogP contribution in [-0.4, -0.2) is 56.2 Å². The number of imidazole rings is 1. The Balaban J connectivity index is 1.41. The van der Waals surface area contributed by atoms with E-state index in [9.17, 15) is 9.90 Å². The van der Waals surface area contributed by atoms with Crippen LogP contribution in [0.15, 0.2) is 52.7 Å². The van der Waals surface area contributed by atoms with Gasteiger partial charge in [0.2, 0.25) is 5.91 Å². The number of carbonyl (C=O) groups is 1. The molecule has 0 aliphatic carbocycles. The largest absolute Gasteiger partial charge is 0.488 e. The van der Waals surface area contributed by atoms with Gasteiger partial charge in [0.05, 0.1) is 25.0 Å². The molecule has 0 spiro atoms. The van der Waals surface area contributed by atoms with Crippen molar-refractivity contribution in [1.29, 1.82) is 0 Å². The molecule has 1 aliphatic rings. The number of halogens is 1. The van der Waals surface area contributed by atoms with Crippen molar-refractivity contribution in [2.24, 2.45) is 5.11 Å². The molecule has 38 heavy (non-hydrogen) atoms. The summed E-state index contributed by atoms with van der Waals surface area (Å²) in [5, 5.41) is 20.6. The number of ether oxygens (including phenoxy) is 2. The molecule has 0 bridgehead atoms. The Morgan fingerprint density at radius 2 is 2.24 bits per heavy atom. The second-order valence-electron chi connectivity index (χ2n) is 8.34. The summed E-state index contributed by atoms with van der Waals surface area (Å²) < 4.78 is 16.8. The van der Waals surface area contributed by atoms with Gasteiger partial charge in [-0.05, 0) is 29.8 Å². The van der Waals surface area contributed by atoms with Crippen LogP contribution in [0, 0.1) is 0 Å². The predicted molar refractivity (Wildman–Crippen MR) is 134 cm³/mol. The third-order valence-corrected chi connectivity index (χ3v) is 6.19. The summed E-state index contributed by atoms with van der Waals surface area (Å²) in [6, 6.07) is 5.92. The Labute approximate surface area is 220 Å². The number of amides is 1. The highest BCUT2D eigenvalue weighted by atomic mass is 35.5. The first-order valence-electron chi connectivity index (χ1n) is 11.4. The molecule has 4 heterocycles. The van der Waals surface area contributed by atoms with E-state index in [1.165, 1.54) is 13.4 Å². The van der Waals surface area contributed by atoms with E-state index in [4.69, 9.17) is 31.0 Å². The van der Waals surface area contributed by atoms with E-state index < -0.39 is 30.3 Å². The Kier molecular flexibility index (Phi) is 7.29. The molecule has 4 aromatic rings. The number of likely N-dealkylation sites (N-methyl/N-ethyl adjacent to an activating group) is 1. The summed E-state index contributed by atoms with van der Waals surface area (Å²) in [4.78, 5) is 31.1. The van der Waals surface area contributed by atoms with Crippen LogP contribution >= 0.6 is 11.6 Å². The zero-order valence-corrected chi connectivity index (χ0v) is 20.7. The lowest BCUT2D eigenvalue weighted by Crippen LogP contribution is -2.40. The minimum atomic E-state index is -1.37. The number of nitrogens with zero attached hydrogens (tertiary/aromatic N) is 6. The quantitative estimate of drug-likeness (QED) is 0.140. The first kappa shape index (κ1) is 25.3. The molecule has 14 nitrogen and oxygen atoms in total. The van der Waals surface area contributed by atoms with Gasteiger partial charge in [-0.2, -0.15) is 0 Å². The monoisotopic (exact) mass is 539 g/mol. The van der Waals surface area contributed by atoms with Gasteiger partial charge in [0.25, 0.3) is 0 Å². The summed E-state index contributed by atoms with van der Waals surface area (Å²) >= 11 is 6.24. The van der Waals surface area contributed by atoms with E-state index in [0.717, 1.165) is 11.1 Å². The number of rotatable bonds is 9. The second kappa shape index (κ2) is 10.9. The molecule has 4 atom stereocenters. The zero-order chi connectivity index (χ0) is 26.6. The van der Waals surface area contributed by atoms with Gasteiger partial charge in [0.15, 0.2) is 17.3 Å². The normalized spacial score (nSPS) is 20.7. The van der Waals surface area contributed by atoms with Gasteiger partial charge >= 0.3 is 0 Å². The topological polar surface area (TPSA) is 196 Å². The van der Waals surface area contributed by atoms with Crippen molar-refractivity contribution in [1.82, 2.24) is 25.3 Å². The number of nitrogens with one attached hydrogen (secondary N) is 3. The molecular formula is C23H22ClN9O5. The number of carbonyl (C=O) groups excluding carboxylic acids is 1. The molecule has 1 aromatic carbocycles. The third-order valence-electron chi connectivity index (χ3n) is 5.95. The lowest BCUT2D eigenvalue weighted by atomic mass is 10.0. The van der Waals surface area contributed by atoms with Gasteiger partial charge in [-0.15, -0.1) is 0 Å². The number of azide groups is 1. The van der Waals surface area contributed by atoms with Crippen molar-refractivity contribution in [3.63, 3.8) is 0 Å². The Hall–Kier alpha value is -4.36. The fourth-order valence-corrected chi connectivity index (χ4v) is 4.28. The van der Waals surface area contributed by atoms with Crippen LogP contribution in [0.3, 0.4) is 0 Å². The van der Waals surface area contributed by atoms with E-state index in [-0.39, 0.29) is 12.4 Å². The van der Waals surface area contributed by atoms with Gasteiger partial charge in [-0.3, -0.25) is 4.79 Å². The van der Waals surface area contributed by atoms with E-state index in [1.807, 2.05) is 6.07 Å². The SMILES string of the molecule is CNC(=O)[C@H]1O[C@H](c2nc(NCc3cc(Cl)ccc3OCc3ccoc3)c3[nH]cnc3n2)[C@H](O)[C@@H]1N=[N+]=[N-]. The molecule has 196 valence electrons. The molecule has 1 amide bonds. The smallest absolute Gasteiger partial charge is 0.249 e. The Morgan fingerprint density at radius 3 is 3.00 bits per heavy atom. The van der Waals surface area contributed by atoms with Crippen molar-refractivity contribution in [2.45, 2.75) is 37.5 Å². The van der Waals surface area contributed by atoms with E-state index >= 15 is 0 Å². The van der Waals surface area contributed by atoms with Crippen LogP contribution in [0.5, 0.6) is 5.75 Å². The molecule has 0 unspecified atom stereocenters. The van der Waals surface area contributed by atoms with Gasteiger partial charge in [0.1, 0.15) is 36.1 Å². The third kappa shape index (κ3) is 5.06. The molecule has 1 aliphatic heterocycles. The number of aromatic amines is 1. The summed E-state index contributed by atoms with van der Waals surface area (Å²) in [5.74, 6) is 0.486. The predicted octanol–water partition coefficient (Wildman–Crippen LogP) is 3.02. The highest BCUT2D eigenvalue weighted by Gasteiger charge is 2.48. The molecular weight excluding hydrogens is 518 g/mol. The highest BCUT2D eigenvalue weighted by Crippen LogP contribution is 2.35. The summed E-state index contributed by atoms with van der Waals surface area (Å²) in [6.07, 6.45) is 0.901. The van der Waals surface area contributed by atoms with Crippen LogP contribution in [0.2, 0.25) is 5.02 Å². The highest BCUT2D eigenvalue weighted by molar-refractivity contribution is 6.30. The number of aliphatic hydroxyl groups is 1. The minimum absolute atomic E-state index is 0.0617. The maximum atomic E-state index is 12.3. The molecule has 3 aromatic heterocycles. The lowest BCUT2D eigenvalue weighted by molar-refractivity contribution is -0.132. The first-order chi connectivity index (χ1) is 18.5. The lowest BCUT2D eigenvalue weighted by Gasteiger charge is -2.16. The number of anilines is 1. The average molecular weight is 540 g/mol. The molecule has 1 fully saturated rings. The summed E-state index contributed by atoms with van der Waals surface area (Å²) in [7, 11) is 1.41. The molecule has 5 rings (SSSR count). The van der Waals surface area contributed by atoms with E-state index in [1.54, 1.807) is 30.7 Å². The maximum Gasteiger partial charge on any atom is 0.249 e. The van der Waals surface area contributed by atoms with Crippen molar-refractivity contribution < 1.29 is 23.8 Å². The standard InChI is InChI=1S/C23H22ClN9O5/c1-26-23(35)18-15(32-33-25)17(34)19(38-18)22-30-20(16-21(31-22)29-10-28-16)27-7-12-6-13(24)2-3-14(12)37-9-11-4-5-36-8-11/h2-6,8,10,15,17-19,34H,7,9H2,1H3,(H,26,35)(H2,27,28,29,30,31)/t15-,17+,18-,19-/m0/s1. The molecule has 0 saturated carbocycles. The van der Waals surface area contributed by atoms with Crippen LogP contribution in [0.4, 0.5) is 5.82 Å². The molecule has 0 radical (unpaired) electrons. The molecule has 1 saturated heterocycles. The second-order valence-corrected chi connectivity index (χ2v) is 8.77. The van der Waals surface area contributed by atoms with Crippen molar-refractivity contribution in [3.05, 3.63) is 75.5 Å².